The van der Waals surface area contributed by atoms with Crippen molar-refractivity contribution < 1.29 is 9.53 Å². The fraction of sp³-hybridized carbons (Fsp3) is 0.300. The molecule has 2 aromatic rings. The molecule has 0 aliphatic carbocycles. The van der Waals surface area contributed by atoms with Crippen LogP contribution in [0, 0.1) is 0 Å². The standard InChI is InChI=1S/C10H9ClN2O2S2/c1-3-15-9(14)5-4-17-8-6(5)7(11)12-10(13-8)16-2/h4H,3H2,1-2H3. The summed E-state index contributed by atoms with van der Waals surface area (Å²) in [5, 5.41) is 3.17. The first-order valence-corrected chi connectivity index (χ1v) is 7.31. The van der Waals surface area contributed by atoms with Crippen molar-refractivity contribution in [3.05, 3.63) is 16.1 Å². The van der Waals surface area contributed by atoms with Crippen molar-refractivity contribution in [1.82, 2.24) is 9.97 Å². The van der Waals surface area contributed by atoms with Crippen molar-refractivity contribution in [1.29, 1.82) is 0 Å². The number of esters is 1. The van der Waals surface area contributed by atoms with Crippen LogP contribution in [-0.2, 0) is 4.74 Å². The van der Waals surface area contributed by atoms with E-state index in [-0.39, 0.29) is 5.97 Å². The van der Waals surface area contributed by atoms with E-state index in [1.807, 2.05) is 6.26 Å². The van der Waals surface area contributed by atoms with E-state index in [0.29, 0.717) is 32.7 Å². The molecule has 4 nitrogen and oxygen atoms in total. The summed E-state index contributed by atoms with van der Waals surface area (Å²) < 4.78 is 4.95. The molecule has 0 aliphatic rings. The maximum absolute atomic E-state index is 11.7. The number of thioether (sulfide) groups is 1. The molecular formula is C10H9ClN2O2S2. The second-order valence-corrected chi connectivity index (χ2v) is 5.04. The third kappa shape index (κ3) is 2.38. The van der Waals surface area contributed by atoms with Crippen molar-refractivity contribution in [2.24, 2.45) is 0 Å². The minimum absolute atomic E-state index is 0.295. The van der Waals surface area contributed by atoms with Gasteiger partial charge in [0, 0.05) is 5.38 Å². The van der Waals surface area contributed by atoms with E-state index in [2.05, 4.69) is 9.97 Å². The lowest BCUT2D eigenvalue weighted by atomic mass is 10.2. The summed E-state index contributed by atoms with van der Waals surface area (Å²) in [4.78, 5) is 20.8. The normalized spacial score (nSPS) is 10.8. The first kappa shape index (κ1) is 12.6. The maximum Gasteiger partial charge on any atom is 0.339 e. The van der Waals surface area contributed by atoms with Crippen LogP contribution < -0.4 is 0 Å². The number of aromatic nitrogens is 2. The molecule has 90 valence electrons. The Bertz CT molecular complexity index is 571. The lowest BCUT2D eigenvalue weighted by Crippen LogP contribution is -2.04. The van der Waals surface area contributed by atoms with Gasteiger partial charge < -0.3 is 4.74 Å². The molecule has 7 heteroatoms. The molecule has 0 aliphatic heterocycles. The Kier molecular flexibility index (Phi) is 3.86. The number of rotatable bonds is 3. The van der Waals surface area contributed by atoms with E-state index in [0.717, 1.165) is 0 Å². The molecule has 0 atom stereocenters. The zero-order valence-electron chi connectivity index (χ0n) is 9.19. The van der Waals surface area contributed by atoms with Gasteiger partial charge in [-0.3, -0.25) is 0 Å². The van der Waals surface area contributed by atoms with Crippen LogP contribution >= 0.6 is 34.7 Å². The summed E-state index contributed by atoms with van der Waals surface area (Å²) >= 11 is 8.84. The predicted octanol–water partition coefficient (Wildman–Crippen LogP) is 3.24. The number of hydrogen-bond donors (Lipinski definition) is 0. The summed E-state index contributed by atoms with van der Waals surface area (Å²) in [6.45, 7) is 2.09. The van der Waals surface area contributed by atoms with Gasteiger partial charge in [0.05, 0.1) is 17.6 Å². The second-order valence-electron chi connectivity index (χ2n) is 3.05. The van der Waals surface area contributed by atoms with Crippen LogP contribution in [0.3, 0.4) is 0 Å². The van der Waals surface area contributed by atoms with Gasteiger partial charge in [-0.2, -0.15) is 0 Å². The number of thiophene rings is 1. The zero-order chi connectivity index (χ0) is 12.4. The van der Waals surface area contributed by atoms with Gasteiger partial charge in [-0.1, -0.05) is 23.4 Å². The van der Waals surface area contributed by atoms with Crippen molar-refractivity contribution in [3.8, 4) is 0 Å². The van der Waals surface area contributed by atoms with E-state index in [1.54, 1.807) is 12.3 Å². The summed E-state index contributed by atoms with van der Waals surface area (Å²) in [5.41, 5.74) is 0.435. The molecule has 2 rings (SSSR count). The van der Waals surface area contributed by atoms with Crippen LogP contribution in [0.5, 0.6) is 0 Å². The lowest BCUT2D eigenvalue weighted by molar-refractivity contribution is 0.0529. The molecule has 0 amide bonds. The SMILES string of the molecule is CCOC(=O)c1csc2nc(SC)nc(Cl)c12. The van der Waals surface area contributed by atoms with Crippen molar-refractivity contribution in [2.75, 3.05) is 12.9 Å². The molecule has 0 aromatic carbocycles. The summed E-state index contributed by atoms with van der Waals surface area (Å²) in [5.74, 6) is -0.388. The van der Waals surface area contributed by atoms with Gasteiger partial charge in [-0.25, -0.2) is 14.8 Å². The van der Waals surface area contributed by atoms with Gasteiger partial charge in [0.15, 0.2) is 5.16 Å². The zero-order valence-corrected chi connectivity index (χ0v) is 11.6. The van der Waals surface area contributed by atoms with Crippen LogP contribution in [0.4, 0.5) is 0 Å². The Morgan fingerprint density at radius 1 is 1.59 bits per heavy atom. The number of carbonyl (C=O) groups excluding carboxylic acids is 1. The average molecular weight is 289 g/mol. The summed E-state index contributed by atoms with van der Waals surface area (Å²) in [6, 6.07) is 0. The smallest absolute Gasteiger partial charge is 0.339 e. The number of carbonyl (C=O) groups is 1. The summed E-state index contributed by atoms with van der Waals surface area (Å²) in [7, 11) is 0. The van der Waals surface area contributed by atoms with Gasteiger partial charge in [-0.05, 0) is 13.2 Å². The van der Waals surface area contributed by atoms with Gasteiger partial charge in [0.25, 0.3) is 0 Å². The average Bonchev–Trinajstić information content (AvgIpc) is 2.73. The van der Waals surface area contributed by atoms with Crippen LogP contribution in [-0.4, -0.2) is 28.8 Å². The van der Waals surface area contributed by atoms with Crippen molar-refractivity contribution in [2.45, 2.75) is 12.1 Å². The Morgan fingerprint density at radius 2 is 2.35 bits per heavy atom. The molecule has 0 fully saturated rings. The first-order valence-electron chi connectivity index (χ1n) is 4.83. The van der Waals surface area contributed by atoms with Crippen LogP contribution in [0.1, 0.15) is 17.3 Å². The fourth-order valence-corrected chi connectivity index (χ4v) is 3.04. The second kappa shape index (κ2) is 5.20. The Morgan fingerprint density at radius 3 is 3.00 bits per heavy atom. The molecule has 2 aromatic heterocycles. The molecule has 2 heterocycles. The van der Waals surface area contributed by atoms with Crippen LogP contribution in [0.2, 0.25) is 5.15 Å². The van der Waals surface area contributed by atoms with Gasteiger partial charge >= 0.3 is 5.97 Å². The third-order valence-electron chi connectivity index (χ3n) is 2.05. The highest BCUT2D eigenvalue weighted by Gasteiger charge is 2.18. The molecule has 0 spiro atoms. The molecule has 0 radical (unpaired) electrons. The van der Waals surface area contributed by atoms with Crippen LogP contribution in [0.25, 0.3) is 10.2 Å². The van der Waals surface area contributed by atoms with Crippen molar-refractivity contribution >= 4 is 50.9 Å². The largest absolute Gasteiger partial charge is 0.462 e. The topological polar surface area (TPSA) is 52.1 Å². The third-order valence-corrected chi connectivity index (χ3v) is 3.74. The number of nitrogens with zero attached hydrogens (tertiary/aromatic N) is 2. The first-order chi connectivity index (χ1) is 8.17. The Labute approximate surface area is 111 Å². The van der Waals surface area contributed by atoms with Crippen molar-refractivity contribution in [3.63, 3.8) is 0 Å². The number of fused-ring (bicyclic) bond motifs is 1. The molecule has 0 unspecified atom stereocenters. The lowest BCUT2D eigenvalue weighted by Gasteiger charge is -2.01. The highest BCUT2D eigenvalue weighted by molar-refractivity contribution is 7.98. The van der Waals surface area contributed by atoms with Gasteiger partial charge in [0.2, 0.25) is 0 Å². The number of hydrogen-bond acceptors (Lipinski definition) is 6. The molecule has 0 bridgehead atoms. The van der Waals surface area contributed by atoms with Gasteiger partial charge in [0.1, 0.15) is 9.98 Å². The highest BCUT2D eigenvalue weighted by atomic mass is 35.5. The number of halogens is 1. The van der Waals surface area contributed by atoms with Crippen LogP contribution in [0.15, 0.2) is 10.5 Å². The van der Waals surface area contributed by atoms with E-state index >= 15 is 0 Å². The fourth-order valence-electron chi connectivity index (χ4n) is 1.33. The maximum atomic E-state index is 11.7. The minimum atomic E-state index is -0.388. The monoisotopic (exact) mass is 288 g/mol. The quantitative estimate of drug-likeness (QED) is 0.376. The number of ether oxygens (including phenoxy) is 1. The van der Waals surface area contributed by atoms with E-state index in [1.165, 1.54) is 23.1 Å². The Hall–Kier alpha value is -0.850. The minimum Gasteiger partial charge on any atom is -0.462 e. The molecular weight excluding hydrogens is 280 g/mol. The van der Waals surface area contributed by atoms with Gasteiger partial charge in [-0.15, -0.1) is 11.3 Å². The van der Waals surface area contributed by atoms with E-state index in [9.17, 15) is 4.79 Å². The van der Waals surface area contributed by atoms with E-state index in [4.69, 9.17) is 16.3 Å². The predicted molar refractivity (Wildman–Crippen MR) is 70.2 cm³/mol. The highest BCUT2D eigenvalue weighted by Crippen LogP contribution is 2.31. The molecule has 17 heavy (non-hydrogen) atoms. The molecule has 0 saturated carbocycles. The summed E-state index contributed by atoms with van der Waals surface area (Å²) in [6.07, 6.45) is 1.87. The Balaban J connectivity index is 2.57. The molecule has 0 saturated heterocycles. The van der Waals surface area contributed by atoms with E-state index < -0.39 is 0 Å². The molecule has 0 N–H and O–H groups in total.